The lowest BCUT2D eigenvalue weighted by Gasteiger charge is -2.22. The third-order valence-corrected chi connectivity index (χ3v) is 3.41. The Morgan fingerprint density at radius 3 is 2.83 bits per heavy atom. The van der Waals surface area contributed by atoms with Crippen LogP contribution in [-0.2, 0) is 19.6 Å². The van der Waals surface area contributed by atoms with Crippen LogP contribution in [0.1, 0.15) is 25.2 Å². The molecule has 132 valence electrons. The Morgan fingerprint density at radius 1 is 1.38 bits per heavy atom. The molecule has 0 fully saturated rings. The van der Waals surface area contributed by atoms with Crippen LogP contribution < -0.4 is 5.32 Å². The predicted octanol–water partition coefficient (Wildman–Crippen LogP) is 2.65. The maximum atomic E-state index is 13.3. The van der Waals surface area contributed by atoms with Crippen LogP contribution in [0.4, 0.5) is 4.39 Å². The lowest BCUT2D eigenvalue weighted by Crippen LogP contribution is -2.38. The third-order valence-electron chi connectivity index (χ3n) is 3.41. The van der Waals surface area contributed by atoms with Crippen LogP contribution in [0.5, 0.6) is 0 Å². The molecular formula is C16H24FIN6. The molecule has 0 saturated carbocycles. The first-order valence-corrected chi connectivity index (χ1v) is 7.74. The van der Waals surface area contributed by atoms with Gasteiger partial charge in [-0.25, -0.2) is 9.38 Å². The van der Waals surface area contributed by atoms with Crippen molar-refractivity contribution >= 4 is 29.9 Å². The van der Waals surface area contributed by atoms with Crippen LogP contribution in [-0.4, -0.2) is 39.2 Å². The summed E-state index contributed by atoms with van der Waals surface area (Å²) in [5, 5.41) is 11.2. The molecule has 1 aromatic carbocycles. The quantitative estimate of drug-likeness (QED) is 0.421. The van der Waals surface area contributed by atoms with Gasteiger partial charge in [-0.3, -0.25) is 0 Å². The van der Waals surface area contributed by atoms with Gasteiger partial charge in [0, 0.05) is 26.7 Å². The summed E-state index contributed by atoms with van der Waals surface area (Å²) in [6.45, 7) is 6.64. The van der Waals surface area contributed by atoms with Crippen molar-refractivity contribution in [3.63, 3.8) is 0 Å². The predicted molar refractivity (Wildman–Crippen MR) is 104 cm³/mol. The zero-order valence-electron chi connectivity index (χ0n) is 14.2. The Morgan fingerprint density at radius 2 is 2.17 bits per heavy atom. The number of hydrogen-bond donors (Lipinski definition) is 1. The van der Waals surface area contributed by atoms with Gasteiger partial charge in [-0.05, 0) is 31.5 Å². The molecule has 0 spiro atoms. The highest BCUT2D eigenvalue weighted by atomic mass is 127. The van der Waals surface area contributed by atoms with Crippen LogP contribution in [0.2, 0.25) is 0 Å². The summed E-state index contributed by atoms with van der Waals surface area (Å²) in [5.74, 6) is 1.35. The van der Waals surface area contributed by atoms with Gasteiger partial charge in [-0.2, -0.15) is 0 Å². The Hall–Kier alpha value is -1.71. The number of hydrogen-bond acceptors (Lipinski definition) is 3. The number of nitrogens with one attached hydrogen (secondary N) is 1. The van der Waals surface area contributed by atoms with Gasteiger partial charge in [0.05, 0.1) is 0 Å². The summed E-state index contributed by atoms with van der Waals surface area (Å²) in [7, 11) is 1.93. The van der Waals surface area contributed by atoms with Crippen LogP contribution in [0.25, 0.3) is 0 Å². The fraction of sp³-hybridized carbons (Fsp3) is 0.438. The molecule has 0 radical (unpaired) electrons. The smallest absolute Gasteiger partial charge is 0.194 e. The summed E-state index contributed by atoms with van der Waals surface area (Å²) in [4.78, 5) is 6.56. The van der Waals surface area contributed by atoms with Gasteiger partial charge < -0.3 is 14.8 Å². The highest BCUT2D eigenvalue weighted by molar-refractivity contribution is 14.0. The van der Waals surface area contributed by atoms with Crippen molar-refractivity contribution in [2.24, 2.45) is 4.99 Å². The van der Waals surface area contributed by atoms with E-state index in [1.807, 2.05) is 36.4 Å². The molecule has 0 bridgehead atoms. The first kappa shape index (κ1) is 20.3. The SMILES string of the molecule is CCNC(=NCc1nncn1CC)N(C)Cc1cccc(F)c1.I. The molecule has 0 saturated heterocycles. The fourth-order valence-corrected chi connectivity index (χ4v) is 2.26. The summed E-state index contributed by atoms with van der Waals surface area (Å²) in [6.07, 6.45) is 1.70. The summed E-state index contributed by atoms with van der Waals surface area (Å²) in [6, 6.07) is 6.59. The molecule has 6 nitrogen and oxygen atoms in total. The van der Waals surface area contributed by atoms with Crippen molar-refractivity contribution in [3.05, 3.63) is 47.8 Å². The summed E-state index contributed by atoms with van der Waals surface area (Å²) in [5.41, 5.74) is 0.898. The second-order valence-electron chi connectivity index (χ2n) is 5.19. The third kappa shape index (κ3) is 5.73. The van der Waals surface area contributed by atoms with E-state index in [9.17, 15) is 4.39 Å². The second-order valence-corrected chi connectivity index (χ2v) is 5.19. The lowest BCUT2D eigenvalue weighted by molar-refractivity contribution is 0.474. The average molecular weight is 446 g/mol. The van der Waals surface area contributed by atoms with E-state index in [2.05, 4.69) is 20.5 Å². The first-order chi connectivity index (χ1) is 11.1. The molecule has 0 unspecified atom stereocenters. The number of aryl methyl sites for hydroxylation is 1. The molecule has 0 atom stereocenters. The molecule has 2 aromatic rings. The molecule has 0 aliphatic carbocycles. The highest BCUT2D eigenvalue weighted by Crippen LogP contribution is 2.07. The van der Waals surface area contributed by atoms with Crippen LogP contribution in [0, 0.1) is 5.82 Å². The standard InChI is InChI=1S/C16H23FN6.HI/c1-4-18-16(19-10-15-21-20-12-23(15)5-2)22(3)11-13-7-6-8-14(17)9-13;/h6-9,12H,4-5,10-11H2,1-3H3,(H,18,19);1H. The maximum absolute atomic E-state index is 13.3. The molecule has 1 aromatic heterocycles. The van der Waals surface area contributed by atoms with E-state index in [0.29, 0.717) is 13.1 Å². The minimum atomic E-state index is -0.228. The molecule has 1 N–H and O–H groups in total. The van der Waals surface area contributed by atoms with E-state index in [0.717, 1.165) is 30.4 Å². The summed E-state index contributed by atoms with van der Waals surface area (Å²) >= 11 is 0. The molecule has 0 aliphatic rings. The number of rotatable bonds is 6. The molecular weight excluding hydrogens is 422 g/mol. The number of benzene rings is 1. The van der Waals surface area contributed by atoms with Crippen LogP contribution in [0.15, 0.2) is 35.6 Å². The fourth-order valence-electron chi connectivity index (χ4n) is 2.26. The largest absolute Gasteiger partial charge is 0.357 e. The number of nitrogens with zero attached hydrogens (tertiary/aromatic N) is 5. The molecule has 0 amide bonds. The van der Waals surface area contributed by atoms with Crippen LogP contribution >= 0.6 is 24.0 Å². The van der Waals surface area contributed by atoms with E-state index in [1.54, 1.807) is 12.4 Å². The Bertz CT molecular complexity index is 658. The topological polar surface area (TPSA) is 58.3 Å². The first-order valence-electron chi connectivity index (χ1n) is 7.74. The van der Waals surface area contributed by atoms with Crippen molar-refractivity contribution in [1.29, 1.82) is 0 Å². The number of guanidine groups is 1. The zero-order chi connectivity index (χ0) is 16.7. The molecule has 1 heterocycles. The Kier molecular flexibility index (Phi) is 8.66. The van der Waals surface area contributed by atoms with Gasteiger partial charge in [0.1, 0.15) is 18.7 Å². The van der Waals surface area contributed by atoms with E-state index in [4.69, 9.17) is 0 Å². The number of aliphatic imine (C=N–C) groups is 1. The van der Waals surface area contributed by atoms with Crippen LogP contribution in [0.3, 0.4) is 0 Å². The number of halogens is 2. The Labute approximate surface area is 159 Å². The van der Waals surface area contributed by atoms with Crippen molar-refractivity contribution in [2.45, 2.75) is 33.5 Å². The lowest BCUT2D eigenvalue weighted by atomic mass is 10.2. The van der Waals surface area contributed by atoms with E-state index >= 15 is 0 Å². The highest BCUT2D eigenvalue weighted by Gasteiger charge is 2.08. The Balaban J connectivity index is 0.00000288. The van der Waals surface area contributed by atoms with Crippen molar-refractivity contribution in [2.75, 3.05) is 13.6 Å². The monoisotopic (exact) mass is 446 g/mol. The van der Waals surface area contributed by atoms with Gasteiger partial charge in [-0.15, -0.1) is 34.2 Å². The van der Waals surface area contributed by atoms with E-state index < -0.39 is 0 Å². The maximum Gasteiger partial charge on any atom is 0.194 e. The minimum absolute atomic E-state index is 0. The van der Waals surface area contributed by atoms with Gasteiger partial charge in [-0.1, -0.05) is 12.1 Å². The minimum Gasteiger partial charge on any atom is -0.357 e. The van der Waals surface area contributed by atoms with E-state index in [1.165, 1.54) is 12.1 Å². The number of aromatic nitrogens is 3. The normalized spacial score (nSPS) is 11.1. The van der Waals surface area contributed by atoms with Crippen molar-refractivity contribution in [3.8, 4) is 0 Å². The summed E-state index contributed by atoms with van der Waals surface area (Å²) < 4.78 is 15.3. The molecule has 2 rings (SSSR count). The van der Waals surface area contributed by atoms with Gasteiger partial charge in [0.15, 0.2) is 11.8 Å². The molecule has 0 aliphatic heterocycles. The molecule has 8 heteroatoms. The second kappa shape index (κ2) is 10.2. The average Bonchev–Trinajstić information content (AvgIpc) is 2.98. The van der Waals surface area contributed by atoms with Crippen molar-refractivity contribution in [1.82, 2.24) is 25.0 Å². The van der Waals surface area contributed by atoms with E-state index in [-0.39, 0.29) is 29.8 Å². The van der Waals surface area contributed by atoms with Crippen molar-refractivity contribution < 1.29 is 4.39 Å². The van der Waals surface area contributed by atoms with Gasteiger partial charge in [0.25, 0.3) is 0 Å². The van der Waals surface area contributed by atoms with Gasteiger partial charge >= 0.3 is 0 Å². The molecule has 24 heavy (non-hydrogen) atoms. The van der Waals surface area contributed by atoms with Gasteiger partial charge in [0.2, 0.25) is 0 Å². The zero-order valence-corrected chi connectivity index (χ0v) is 16.6.